The van der Waals surface area contributed by atoms with E-state index in [0.717, 1.165) is 12.2 Å². The molecule has 11 heavy (non-hydrogen) atoms. The second-order valence-electron chi connectivity index (χ2n) is 2.09. The predicted molar refractivity (Wildman–Crippen MR) is 39.9 cm³/mol. The SMILES string of the molecule is COC(=O)/C=C\C(=O)N(C)C. The Kier molecular flexibility index (Phi) is 3.95. The Labute approximate surface area is 65.4 Å². The zero-order valence-electron chi connectivity index (χ0n) is 6.83. The predicted octanol–water partition coefficient (Wildman–Crippen LogP) is -0.196. The number of rotatable bonds is 2. The van der Waals surface area contributed by atoms with Gasteiger partial charge in [-0.05, 0) is 0 Å². The fourth-order valence-electron chi connectivity index (χ4n) is 0.356. The fraction of sp³-hybridized carbons (Fsp3) is 0.429. The van der Waals surface area contributed by atoms with Gasteiger partial charge in [0, 0.05) is 26.2 Å². The Bertz CT molecular complexity index is 184. The maximum atomic E-state index is 10.8. The smallest absolute Gasteiger partial charge is 0.330 e. The lowest BCUT2D eigenvalue weighted by atomic mass is 10.4. The van der Waals surface area contributed by atoms with E-state index in [9.17, 15) is 9.59 Å². The number of hydrogen-bond donors (Lipinski definition) is 0. The second kappa shape index (κ2) is 4.49. The molecule has 0 atom stereocenters. The third-order valence-corrected chi connectivity index (χ3v) is 1.00. The van der Waals surface area contributed by atoms with Gasteiger partial charge in [0.05, 0.1) is 7.11 Å². The summed E-state index contributed by atoms with van der Waals surface area (Å²) < 4.78 is 4.28. The third-order valence-electron chi connectivity index (χ3n) is 1.00. The number of ether oxygens (including phenoxy) is 1. The number of hydrogen-bond acceptors (Lipinski definition) is 3. The van der Waals surface area contributed by atoms with Crippen molar-refractivity contribution in [2.24, 2.45) is 0 Å². The molecule has 0 spiro atoms. The molecule has 0 aromatic rings. The van der Waals surface area contributed by atoms with Gasteiger partial charge in [0.15, 0.2) is 0 Å². The Morgan fingerprint density at radius 3 is 2.18 bits per heavy atom. The van der Waals surface area contributed by atoms with Crippen molar-refractivity contribution in [3.63, 3.8) is 0 Å². The van der Waals surface area contributed by atoms with Crippen LogP contribution in [-0.2, 0) is 14.3 Å². The van der Waals surface area contributed by atoms with Crippen molar-refractivity contribution >= 4 is 11.9 Å². The molecule has 0 heterocycles. The standard InChI is InChI=1S/C7H11NO3/c1-8(2)6(9)4-5-7(10)11-3/h4-5H,1-3H3/b5-4-. The second-order valence-corrected chi connectivity index (χ2v) is 2.09. The van der Waals surface area contributed by atoms with Gasteiger partial charge in [0.2, 0.25) is 5.91 Å². The first-order valence-corrected chi connectivity index (χ1v) is 3.05. The minimum atomic E-state index is -0.528. The molecule has 4 nitrogen and oxygen atoms in total. The Hall–Kier alpha value is -1.32. The molecule has 1 amide bonds. The number of amides is 1. The van der Waals surface area contributed by atoms with Crippen LogP contribution in [0.25, 0.3) is 0 Å². The van der Waals surface area contributed by atoms with Crippen LogP contribution < -0.4 is 0 Å². The van der Waals surface area contributed by atoms with Gasteiger partial charge < -0.3 is 9.64 Å². The van der Waals surface area contributed by atoms with Crippen molar-refractivity contribution in [1.82, 2.24) is 4.90 Å². The van der Waals surface area contributed by atoms with Crippen LogP contribution in [0.4, 0.5) is 0 Å². The Balaban J connectivity index is 3.93. The number of esters is 1. The molecule has 62 valence electrons. The quantitative estimate of drug-likeness (QED) is 0.412. The van der Waals surface area contributed by atoms with Crippen LogP contribution in [0.2, 0.25) is 0 Å². The van der Waals surface area contributed by atoms with E-state index in [0.29, 0.717) is 0 Å². The highest BCUT2D eigenvalue weighted by atomic mass is 16.5. The number of carbonyl (C=O) groups excluding carboxylic acids is 2. The van der Waals surface area contributed by atoms with Crippen LogP contribution in [0.15, 0.2) is 12.2 Å². The highest BCUT2D eigenvalue weighted by Crippen LogP contribution is 1.83. The van der Waals surface area contributed by atoms with Crippen molar-refractivity contribution in [2.45, 2.75) is 0 Å². The maximum absolute atomic E-state index is 10.8. The molecule has 0 aromatic carbocycles. The summed E-state index contributed by atoms with van der Waals surface area (Å²) >= 11 is 0. The van der Waals surface area contributed by atoms with Crippen LogP contribution in [0.1, 0.15) is 0 Å². The molecule has 0 unspecified atom stereocenters. The zero-order chi connectivity index (χ0) is 8.85. The van der Waals surface area contributed by atoms with E-state index in [2.05, 4.69) is 4.74 Å². The van der Waals surface area contributed by atoms with Crippen LogP contribution in [0, 0.1) is 0 Å². The Morgan fingerprint density at radius 1 is 1.27 bits per heavy atom. The molecule has 0 bridgehead atoms. The molecule has 0 radical (unpaired) electrons. The van der Waals surface area contributed by atoms with Gasteiger partial charge in [-0.15, -0.1) is 0 Å². The molecule has 0 N–H and O–H groups in total. The number of likely N-dealkylation sites (N-methyl/N-ethyl adjacent to an activating group) is 1. The normalized spacial score (nSPS) is 9.73. The number of carbonyl (C=O) groups is 2. The van der Waals surface area contributed by atoms with Crippen LogP contribution in [0.5, 0.6) is 0 Å². The van der Waals surface area contributed by atoms with E-state index < -0.39 is 5.97 Å². The van der Waals surface area contributed by atoms with E-state index in [1.165, 1.54) is 12.0 Å². The fourth-order valence-corrected chi connectivity index (χ4v) is 0.356. The Morgan fingerprint density at radius 2 is 1.82 bits per heavy atom. The summed E-state index contributed by atoms with van der Waals surface area (Å²) in [7, 11) is 4.46. The molecule has 0 aliphatic rings. The number of nitrogens with zero attached hydrogens (tertiary/aromatic N) is 1. The summed E-state index contributed by atoms with van der Waals surface area (Å²) in [6.45, 7) is 0. The van der Waals surface area contributed by atoms with Crippen LogP contribution >= 0.6 is 0 Å². The van der Waals surface area contributed by atoms with Gasteiger partial charge in [-0.2, -0.15) is 0 Å². The van der Waals surface area contributed by atoms with Crippen LogP contribution in [0.3, 0.4) is 0 Å². The van der Waals surface area contributed by atoms with Crippen molar-refractivity contribution < 1.29 is 14.3 Å². The molecule has 0 aliphatic carbocycles. The molecule has 4 heteroatoms. The molecule has 0 aliphatic heterocycles. The minimum Gasteiger partial charge on any atom is -0.466 e. The first-order chi connectivity index (χ1) is 5.07. The zero-order valence-corrected chi connectivity index (χ0v) is 6.83. The lowest BCUT2D eigenvalue weighted by molar-refractivity contribution is -0.135. The largest absolute Gasteiger partial charge is 0.466 e. The van der Waals surface area contributed by atoms with E-state index in [1.807, 2.05) is 0 Å². The van der Waals surface area contributed by atoms with Gasteiger partial charge in [0.25, 0.3) is 0 Å². The van der Waals surface area contributed by atoms with E-state index in [1.54, 1.807) is 14.1 Å². The lowest BCUT2D eigenvalue weighted by Crippen LogP contribution is -2.19. The summed E-state index contributed by atoms with van der Waals surface area (Å²) in [4.78, 5) is 22.6. The summed E-state index contributed by atoms with van der Waals surface area (Å²) in [5.74, 6) is -0.768. The topological polar surface area (TPSA) is 46.6 Å². The van der Waals surface area contributed by atoms with Crippen molar-refractivity contribution in [3.05, 3.63) is 12.2 Å². The van der Waals surface area contributed by atoms with Crippen LogP contribution in [-0.4, -0.2) is 38.0 Å². The molecule has 0 fully saturated rings. The van der Waals surface area contributed by atoms with E-state index in [-0.39, 0.29) is 5.91 Å². The third kappa shape index (κ3) is 4.13. The lowest BCUT2D eigenvalue weighted by Gasteiger charge is -2.04. The van der Waals surface area contributed by atoms with Gasteiger partial charge in [-0.3, -0.25) is 4.79 Å². The molecular formula is C7H11NO3. The summed E-state index contributed by atoms with van der Waals surface area (Å²) in [6.07, 6.45) is 2.24. The average molecular weight is 157 g/mol. The van der Waals surface area contributed by atoms with Crippen molar-refractivity contribution in [2.75, 3.05) is 21.2 Å². The highest BCUT2D eigenvalue weighted by molar-refractivity contribution is 5.94. The van der Waals surface area contributed by atoms with Gasteiger partial charge >= 0.3 is 5.97 Å². The van der Waals surface area contributed by atoms with Gasteiger partial charge in [0.1, 0.15) is 0 Å². The van der Waals surface area contributed by atoms with Crippen molar-refractivity contribution in [1.29, 1.82) is 0 Å². The van der Waals surface area contributed by atoms with Crippen molar-refractivity contribution in [3.8, 4) is 0 Å². The monoisotopic (exact) mass is 157 g/mol. The van der Waals surface area contributed by atoms with E-state index >= 15 is 0 Å². The molecule has 0 saturated carbocycles. The first-order valence-electron chi connectivity index (χ1n) is 3.05. The minimum absolute atomic E-state index is 0.240. The summed E-state index contributed by atoms with van der Waals surface area (Å²) in [5, 5.41) is 0. The molecular weight excluding hydrogens is 146 g/mol. The average Bonchev–Trinajstić information content (AvgIpc) is 1.99. The molecule has 0 aromatic heterocycles. The van der Waals surface area contributed by atoms with Gasteiger partial charge in [-0.25, -0.2) is 4.79 Å². The summed E-state index contributed by atoms with van der Waals surface area (Å²) in [5.41, 5.74) is 0. The molecule has 0 saturated heterocycles. The molecule has 0 rings (SSSR count). The van der Waals surface area contributed by atoms with Gasteiger partial charge in [-0.1, -0.05) is 0 Å². The summed E-state index contributed by atoms with van der Waals surface area (Å²) in [6, 6.07) is 0. The number of methoxy groups -OCH3 is 1. The highest BCUT2D eigenvalue weighted by Gasteiger charge is 1.98. The first kappa shape index (κ1) is 9.68. The van der Waals surface area contributed by atoms with E-state index in [4.69, 9.17) is 0 Å². The maximum Gasteiger partial charge on any atom is 0.330 e.